The van der Waals surface area contributed by atoms with Crippen LogP contribution >= 0.6 is 0 Å². The number of likely N-dealkylation sites (tertiary alicyclic amines) is 1. The molecule has 1 aromatic heterocycles. The monoisotopic (exact) mass is 384 g/mol. The summed E-state index contributed by atoms with van der Waals surface area (Å²) in [5.74, 6) is 0. The van der Waals surface area contributed by atoms with Crippen LogP contribution in [0.5, 0.6) is 0 Å². The van der Waals surface area contributed by atoms with E-state index in [2.05, 4.69) is 47.6 Å². The second-order valence-corrected chi connectivity index (χ2v) is 7.76. The molecule has 1 amide bonds. The maximum atomic E-state index is 12.7. The minimum absolute atomic E-state index is 0.184. The number of nitrogens with one attached hydrogen (secondary N) is 1. The molecule has 4 heteroatoms. The van der Waals surface area contributed by atoms with Crippen LogP contribution in [-0.2, 0) is 17.8 Å². The van der Waals surface area contributed by atoms with Gasteiger partial charge in [0.15, 0.2) is 0 Å². The van der Waals surface area contributed by atoms with E-state index in [4.69, 9.17) is 4.74 Å². The van der Waals surface area contributed by atoms with Crippen LogP contribution in [0.3, 0.4) is 0 Å². The predicted octanol–water partition coefficient (Wildman–Crippen LogP) is 5.66. The molecule has 0 aliphatic carbocycles. The largest absolute Gasteiger partial charge is 0.445 e. The van der Waals surface area contributed by atoms with E-state index in [1.807, 2.05) is 35.2 Å². The van der Waals surface area contributed by atoms with Gasteiger partial charge in [-0.05, 0) is 35.8 Å². The number of benzene rings is 3. The molecule has 1 saturated heterocycles. The summed E-state index contributed by atoms with van der Waals surface area (Å²) >= 11 is 0. The van der Waals surface area contributed by atoms with E-state index in [1.54, 1.807) is 0 Å². The number of ether oxygens (including phenoxy) is 1. The zero-order valence-electron chi connectivity index (χ0n) is 16.3. The van der Waals surface area contributed by atoms with Gasteiger partial charge in [0.25, 0.3) is 0 Å². The third-order valence-corrected chi connectivity index (χ3v) is 5.94. The van der Waals surface area contributed by atoms with Gasteiger partial charge in [-0.2, -0.15) is 0 Å². The summed E-state index contributed by atoms with van der Waals surface area (Å²) in [6, 6.07) is 22.8. The number of amides is 1. The maximum Gasteiger partial charge on any atom is 0.410 e. The minimum atomic E-state index is -0.207. The first-order chi connectivity index (χ1) is 14.3. The lowest BCUT2D eigenvalue weighted by Crippen LogP contribution is -2.37. The Morgan fingerprint density at radius 2 is 1.83 bits per heavy atom. The van der Waals surface area contributed by atoms with E-state index in [0.717, 1.165) is 31.4 Å². The van der Waals surface area contributed by atoms with Crippen molar-refractivity contribution in [3.8, 4) is 0 Å². The summed E-state index contributed by atoms with van der Waals surface area (Å²) in [6.07, 6.45) is 4.78. The molecule has 3 aromatic carbocycles. The van der Waals surface area contributed by atoms with Crippen LogP contribution in [0.15, 0.2) is 72.9 Å². The van der Waals surface area contributed by atoms with Crippen LogP contribution in [0, 0.1) is 0 Å². The highest BCUT2D eigenvalue weighted by molar-refractivity contribution is 6.06. The molecule has 0 unspecified atom stereocenters. The third-order valence-electron chi connectivity index (χ3n) is 5.94. The zero-order valence-corrected chi connectivity index (χ0v) is 16.3. The van der Waals surface area contributed by atoms with Gasteiger partial charge >= 0.3 is 6.09 Å². The van der Waals surface area contributed by atoms with Crippen LogP contribution in [-0.4, -0.2) is 28.6 Å². The fourth-order valence-corrected chi connectivity index (χ4v) is 4.44. The first kappa shape index (κ1) is 17.8. The highest BCUT2D eigenvalue weighted by atomic mass is 16.6. The van der Waals surface area contributed by atoms with Crippen molar-refractivity contribution in [3.05, 3.63) is 84.1 Å². The van der Waals surface area contributed by atoms with E-state index < -0.39 is 0 Å². The molecular formula is C25H24N2O2. The second-order valence-electron chi connectivity index (χ2n) is 7.76. The van der Waals surface area contributed by atoms with Gasteiger partial charge in [0.1, 0.15) is 6.61 Å². The zero-order chi connectivity index (χ0) is 19.6. The van der Waals surface area contributed by atoms with Crippen LogP contribution in [0.25, 0.3) is 21.7 Å². The molecule has 4 nitrogen and oxygen atoms in total. The highest BCUT2D eigenvalue weighted by Gasteiger charge is 2.30. The Labute approximate surface area is 170 Å². The van der Waals surface area contributed by atoms with Crippen molar-refractivity contribution >= 4 is 27.8 Å². The van der Waals surface area contributed by atoms with Gasteiger partial charge in [-0.1, -0.05) is 66.7 Å². The minimum Gasteiger partial charge on any atom is -0.445 e. The smallest absolute Gasteiger partial charge is 0.410 e. The van der Waals surface area contributed by atoms with Gasteiger partial charge in [-0.15, -0.1) is 0 Å². The number of fused-ring (bicyclic) bond motifs is 3. The Balaban J connectivity index is 1.33. The molecule has 146 valence electrons. The molecule has 2 heterocycles. The standard InChI is InChI=1S/C25H24N2O2/c28-25(29-17-18-7-2-1-3-8-18)27-14-6-10-21(27)15-20-16-26-24-22-11-5-4-9-19(22)12-13-23(20)24/h1-5,7-9,11-13,16,21,26H,6,10,14-15,17H2/t21-/m0/s1. The van der Waals surface area contributed by atoms with E-state index >= 15 is 0 Å². The second kappa shape index (κ2) is 7.63. The number of rotatable bonds is 4. The van der Waals surface area contributed by atoms with Gasteiger partial charge < -0.3 is 14.6 Å². The molecule has 1 aliphatic rings. The molecule has 29 heavy (non-hydrogen) atoms. The van der Waals surface area contributed by atoms with Crippen LogP contribution in [0.2, 0.25) is 0 Å². The maximum absolute atomic E-state index is 12.7. The topological polar surface area (TPSA) is 45.3 Å². The fraction of sp³-hybridized carbons (Fsp3) is 0.240. The van der Waals surface area contributed by atoms with Gasteiger partial charge in [0.2, 0.25) is 0 Å². The van der Waals surface area contributed by atoms with E-state index in [0.29, 0.717) is 6.61 Å². The van der Waals surface area contributed by atoms with E-state index in [1.165, 1.54) is 27.2 Å². The van der Waals surface area contributed by atoms with Gasteiger partial charge in [-0.3, -0.25) is 0 Å². The average Bonchev–Trinajstić information content (AvgIpc) is 3.40. The van der Waals surface area contributed by atoms with Crippen LogP contribution in [0.1, 0.15) is 24.0 Å². The van der Waals surface area contributed by atoms with Crippen molar-refractivity contribution in [1.29, 1.82) is 0 Å². The molecule has 0 spiro atoms. The lowest BCUT2D eigenvalue weighted by Gasteiger charge is -2.24. The number of aromatic nitrogens is 1. The number of hydrogen-bond donors (Lipinski definition) is 1. The highest BCUT2D eigenvalue weighted by Crippen LogP contribution is 2.30. The van der Waals surface area contributed by atoms with Crippen molar-refractivity contribution < 1.29 is 9.53 Å². The Morgan fingerprint density at radius 3 is 2.72 bits per heavy atom. The molecular weight excluding hydrogens is 360 g/mol. The summed E-state index contributed by atoms with van der Waals surface area (Å²) in [5.41, 5.74) is 3.45. The number of carbonyl (C=O) groups is 1. The molecule has 5 rings (SSSR count). The summed E-state index contributed by atoms with van der Waals surface area (Å²) < 4.78 is 5.59. The predicted molar refractivity (Wildman–Crippen MR) is 116 cm³/mol. The third kappa shape index (κ3) is 3.46. The Hall–Kier alpha value is -3.27. The number of H-pyrrole nitrogens is 1. The lowest BCUT2D eigenvalue weighted by molar-refractivity contribution is 0.0921. The van der Waals surface area contributed by atoms with E-state index in [9.17, 15) is 4.79 Å². The first-order valence-corrected chi connectivity index (χ1v) is 10.2. The summed E-state index contributed by atoms with van der Waals surface area (Å²) in [7, 11) is 0. The SMILES string of the molecule is O=C(OCc1ccccc1)N1CCC[C@H]1Cc1c[nH]c2c1ccc1ccccc12. The van der Waals surface area contributed by atoms with Crippen molar-refractivity contribution in [1.82, 2.24) is 9.88 Å². The number of hydrogen-bond acceptors (Lipinski definition) is 2. The van der Waals surface area contributed by atoms with Crippen molar-refractivity contribution in [3.63, 3.8) is 0 Å². The molecule has 1 atom stereocenters. The Kier molecular flexibility index (Phi) is 4.68. The summed E-state index contributed by atoms with van der Waals surface area (Å²) in [5, 5.41) is 3.72. The van der Waals surface area contributed by atoms with Crippen molar-refractivity contribution in [2.45, 2.75) is 31.9 Å². The average molecular weight is 384 g/mol. The normalized spacial score (nSPS) is 16.6. The van der Waals surface area contributed by atoms with Crippen molar-refractivity contribution in [2.75, 3.05) is 6.54 Å². The molecule has 0 radical (unpaired) electrons. The number of nitrogens with zero attached hydrogens (tertiary/aromatic N) is 1. The summed E-state index contributed by atoms with van der Waals surface area (Å²) in [4.78, 5) is 18.1. The van der Waals surface area contributed by atoms with Gasteiger partial charge in [0.05, 0.1) is 5.52 Å². The van der Waals surface area contributed by atoms with Crippen LogP contribution in [0.4, 0.5) is 4.79 Å². The molecule has 1 fully saturated rings. The molecule has 1 aliphatic heterocycles. The Morgan fingerprint density at radius 1 is 1.00 bits per heavy atom. The number of carbonyl (C=O) groups excluding carboxylic acids is 1. The fourth-order valence-electron chi connectivity index (χ4n) is 4.44. The molecule has 0 bridgehead atoms. The lowest BCUT2D eigenvalue weighted by atomic mass is 10.0. The van der Waals surface area contributed by atoms with Crippen LogP contribution < -0.4 is 0 Å². The Bertz CT molecular complexity index is 1150. The van der Waals surface area contributed by atoms with Gasteiger partial charge in [-0.25, -0.2) is 4.79 Å². The molecule has 4 aromatic rings. The quantitative estimate of drug-likeness (QED) is 0.493. The van der Waals surface area contributed by atoms with Gasteiger partial charge in [0, 0.05) is 29.6 Å². The van der Waals surface area contributed by atoms with E-state index in [-0.39, 0.29) is 12.1 Å². The first-order valence-electron chi connectivity index (χ1n) is 10.2. The molecule has 0 saturated carbocycles. The van der Waals surface area contributed by atoms with Crippen molar-refractivity contribution in [2.24, 2.45) is 0 Å². The molecule has 1 N–H and O–H groups in total. The summed E-state index contributed by atoms with van der Waals surface area (Å²) in [6.45, 7) is 1.09. The number of aromatic amines is 1.